The summed E-state index contributed by atoms with van der Waals surface area (Å²) in [5.74, 6) is 0.699. The Bertz CT molecular complexity index is 162. The molecule has 0 bridgehead atoms. The lowest BCUT2D eigenvalue weighted by Crippen LogP contribution is -2.33. The van der Waals surface area contributed by atoms with Gasteiger partial charge in [-0.1, -0.05) is 0 Å². The van der Waals surface area contributed by atoms with E-state index in [1.54, 1.807) is 0 Å². The maximum atomic E-state index is 10.6. The average Bonchev–Trinajstić information content (AvgIpc) is 1.98. The molecular weight excluding hydrogens is 186 g/mol. The van der Waals surface area contributed by atoms with Gasteiger partial charge in [-0.15, -0.1) is 0 Å². The second kappa shape index (κ2) is 5.70. The molecule has 11 heavy (non-hydrogen) atoms. The Morgan fingerprint density at radius 2 is 2.36 bits per heavy atom. The predicted molar refractivity (Wildman–Crippen MR) is 44.9 cm³/mol. The van der Waals surface area contributed by atoms with Crippen molar-refractivity contribution in [2.45, 2.75) is 12.5 Å². The number of carbonyl (C=O) groups excluding carboxylic acids is 1. The normalized spacial score (nSPS) is 15.9. The highest BCUT2D eigenvalue weighted by molar-refractivity contribution is 7.98. The predicted octanol–water partition coefficient (Wildman–Crippen LogP) is -0.527. The number of thioether (sulfide) groups is 1. The number of rotatable bonds is 4. The van der Waals surface area contributed by atoms with Gasteiger partial charge in [-0.05, 0) is 18.4 Å². The Morgan fingerprint density at radius 3 is 2.73 bits per heavy atom. The molecule has 0 spiro atoms. The van der Waals surface area contributed by atoms with Crippen molar-refractivity contribution in [3.05, 3.63) is 0 Å². The van der Waals surface area contributed by atoms with Crippen molar-refractivity contribution < 1.29 is 13.6 Å². The lowest BCUT2D eigenvalue weighted by atomic mass is 10.3. The zero-order valence-corrected chi connectivity index (χ0v) is 7.74. The minimum Gasteiger partial charge on any atom is -0.766 e. The van der Waals surface area contributed by atoms with Gasteiger partial charge in [-0.2, -0.15) is 11.8 Å². The Kier molecular flexibility index (Phi) is 5.75. The summed E-state index contributed by atoms with van der Waals surface area (Å²) in [7, 11) is 0. The molecule has 0 heterocycles. The summed E-state index contributed by atoms with van der Waals surface area (Å²) in [6, 6.07) is -0.860. The van der Waals surface area contributed by atoms with Gasteiger partial charge in [0.2, 0.25) is 5.12 Å². The number of carbonyl (C=O) groups is 1. The van der Waals surface area contributed by atoms with E-state index < -0.39 is 22.2 Å². The first-order chi connectivity index (χ1) is 5.09. The van der Waals surface area contributed by atoms with E-state index in [-0.39, 0.29) is 0 Å². The first kappa shape index (κ1) is 11.1. The third-order valence-electron chi connectivity index (χ3n) is 1.10. The second-order valence-electron chi connectivity index (χ2n) is 1.94. The molecule has 0 aliphatic heterocycles. The highest BCUT2D eigenvalue weighted by atomic mass is 32.2. The van der Waals surface area contributed by atoms with E-state index in [9.17, 15) is 13.6 Å². The first-order valence-electron chi connectivity index (χ1n) is 2.97. The molecule has 0 aromatic heterocycles. The molecule has 0 aliphatic rings. The zero-order chi connectivity index (χ0) is 8.85. The third-order valence-corrected chi connectivity index (χ3v) is 2.38. The highest BCUT2D eigenvalue weighted by Gasteiger charge is 2.12. The van der Waals surface area contributed by atoms with Crippen molar-refractivity contribution in [1.82, 2.24) is 0 Å². The fourth-order valence-electron chi connectivity index (χ4n) is 0.486. The molecule has 0 aromatic carbocycles. The van der Waals surface area contributed by atoms with E-state index in [1.807, 2.05) is 6.26 Å². The molecule has 2 atom stereocenters. The molecular formula is C5H10NO3S2-. The van der Waals surface area contributed by atoms with E-state index in [1.165, 1.54) is 11.8 Å². The Morgan fingerprint density at radius 1 is 1.82 bits per heavy atom. The van der Waals surface area contributed by atoms with Gasteiger partial charge in [0.15, 0.2) is 0 Å². The van der Waals surface area contributed by atoms with Crippen LogP contribution >= 0.6 is 11.8 Å². The molecule has 1 unspecified atom stereocenters. The third kappa shape index (κ3) is 4.52. The topological polar surface area (TPSA) is 83.2 Å². The monoisotopic (exact) mass is 196 g/mol. The smallest absolute Gasteiger partial charge is 0.222 e. The van der Waals surface area contributed by atoms with Crippen molar-refractivity contribution in [3.63, 3.8) is 0 Å². The molecule has 0 aromatic rings. The molecule has 0 amide bonds. The van der Waals surface area contributed by atoms with Gasteiger partial charge in [0, 0.05) is 11.1 Å². The summed E-state index contributed by atoms with van der Waals surface area (Å²) in [5, 5.41) is -0.904. The van der Waals surface area contributed by atoms with Crippen molar-refractivity contribution in [2.75, 3.05) is 12.0 Å². The minimum absolute atomic E-state index is 0.411. The van der Waals surface area contributed by atoms with E-state index in [0.29, 0.717) is 12.2 Å². The van der Waals surface area contributed by atoms with Crippen LogP contribution < -0.4 is 5.73 Å². The van der Waals surface area contributed by atoms with Gasteiger partial charge in [0.05, 0.1) is 6.04 Å². The Hall–Kier alpha value is 0.0900. The van der Waals surface area contributed by atoms with E-state index in [0.717, 1.165) is 0 Å². The molecule has 2 N–H and O–H groups in total. The van der Waals surface area contributed by atoms with Crippen molar-refractivity contribution in [3.8, 4) is 0 Å². The number of hydrogen-bond donors (Lipinski definition) is 1. The van der Waals surface area contributed by atoms with E-state index >= 15 is 0 Å². The molecule has 66 valence electrons. The van der Waals surface area contributed by atoms with Crippen LogP contribution in [0.5, 0.6) is 0 Å². The van der Waals surface area contributed by atoms with Crippen LogP contribution in [0.25, 0.3) is 0 Å². The summed E-state index contributed by atoms with van der Waals surface area (Å²) < 4.78 is 20.1. The molecule has 0 radical (unpaired) electrons. The molecule has 0 rings (SSSR count). The van der Waals surface area contributed by atoms with Crippen LogP contribution in [0.3, 0.4) is 0 Å². The summed E-state index contributed by atoms with van der Waals surface area (Å²) in [6.07, 6.45) is 2.28. The van der Waals surface area contributed by atoms with Crippen LogP contribution in [-0.2, 0) is 15.9 Å². The van der Waals surface area contributed by atoms with Crippen LogP contribution in [0.4, 0.5) is 0 Å². The molecule has 0 aliphatic carbocycles. The van der Waals surface area contributed by atoms with Gasteiger partial charge < -0.3 is 10.3 Å². The zero-order valence-electron chi connectivity index (χ0n) is 6.11. The Labute approximate surface area is 72.2 Å². The standard InChI is InChI=1S/C5H11NO3S2/c1-10-3-2-4(6)5(7)11(8)9/h4H,2-3,6H2,1H3,(H,8,9)/p-1/t4-/m0/s1. The van der Waals surface area contributed by atoms with E-state index in [2.05, 4.69) is 0 Å². The number of hydrogen-bond acceptors (Lipinski definition) is 5. The van der Waals surface area contributed by atoms with Crippen molar-refractivity contribution in [1.29, 1.82) is 0 Å². The maximum Gasteiger partial charge on any atom is 0.222 e. The van der Waals surface area contributed by atoms with Gasteiger partial charge in [0.1, 0.15) is 0 Å². The summed E-state index contributed by atoms with van der Waals surface area (Å²) in [5.41, 5.74) is 5.25. The first-order valence-corrected chi connectivity index (χ1v) is 5.44. The largest absolute Gasteiger partial charge is 0.766 e. The van der Waals surface area contributed by atoms with Gasteiger partial charge in [-0.25, -0.2) is 0 Å². The summed E-state index contributed by atoms with van der Waals surface area (Å²) in [4.78, 5) is 10.6. The van der Waals surface area contributed by atoms with Crippen LogP contribution in [0, 0.1) is 0 Å². The maximum absolute atomic E-state index is 10.6. The molecule has 6 heteroatoms. The van der Waals surface area contributed by atoms with Gasteiger partial charge in [0.25, 0.3) is 0 Å². The van der Waals surface area contributed by atoms with Gasteiger partial charge in [-0.3, -0.25) is 9.00 Å². The number of nitrogens with two attached hydrogens (primary N) is 1. The van der Waals surface area contributed by atoms with Crippen LogP contribution in [0.2, 0.25) is 0 Å². The fourth-order valence-corrected chi connectivity index (χ4v) is 1.34. The van der Waals surface area contributed by atoms with Gasteiger partial charge >= 0.3 is 0 Å². The average molecular weight is 196 g/mol. The Balaban J connectivity index is 3.73. The fraction of sp³-hybridized carbons (Fsp3) is 0.800. The van der Waals surface area contributed by atoms with Crippen LogP contribution in [0.15, 0.2) is 0 Å². The molecule has 4 nitrogen and oxygen atoms in total. The summed E-state index contributed by atoms with van der Waals surface area (Å²) >= 11 is -1.14. The second-order valence-corrected chi connectivity index (χ2v) is 3.80. The molecule has 0 saturated carbocycles. The minimum atomic E-state index is -2.67. The summed E-state index contributed by atoms with van der Waals surface area (Å²) in [6.45, 7) is 0. The lowest BCUT2D eigenvalue weighted by molar-refractivity contribution is -0.113. The van der Waals surface area contributed by atoms with Crippen molar-refractivity contribution >= 4 is 28.0 Å². The lowest BCUT2D eigenvalue weighted by Gasteiger charge is -2.10. The van der Waals surface area contributed by atoms with Crippen LogP contribution in [-0.4, -0.2) is 31.9 Å². The SMILES string of the molecule is CSCC[C@H](N)C(=O)S(=O)[O-]. The highest BCUT2D eigenvalue weighted by Crippen LogP contribution is 2.00. The van der Waals surface area contributed by atoms with E-state index in [4.69, 9.17) is 5.73 Å². The molecule has 0 fully saturated rings. The van der Waals surface area contributed by atoms with Crippen molar-refractivity contribution in [2.24, 2.45) is 5.73 Å². The van der Waals surface area contributed by atoms with Crippen LogP contribution in [0.1, 0.15) is 6.42 Å². The molecule has 0 saturated heterocycles. The quantitative estimate of drug-likeness (QED) is 0.611.